The van der Waals surface area contributed by atoms with E-state index < -0.39 is 0 Å². The number of carbonyl (C=O) groups is 1. The van der Waals surface area contributed by atoms with Crippen molar-refractivity contribution in [1.29, 1.82) is 0 Å². The van der Waals surface area contributed by atoms with Crippen LogP contribution in [-0.2, 0) is 0 Å². The van der Waals surface area contributed by atoms with Crippen LogP contribution in [0.2, 0.25) is 0 Å². The van der Waals surface area contributed by atoms with Gasteiger partial charge in [-0.25, -0.2) is 4.98 Å². The van der Waals surface area contributed by atoms with Crippen molar-refractivity contribution in [3.05, 3.63) is 30.1 Å². The van der Waals surface area contributed by atoms with Gasteiger partial charge in [0.15, 0.2) is 28.5 Å². The van der Waals surface area contributed by atoms with E-state index in [9.17, 15) is 4.79 Å². The Kier molecular flexibility index (Phi) is 6.82. The first-order valence-corrected chi connectivity index (χ1v) is 14.8. The largest absolute Gasteiger partial charge is 0.454 e. The highest BCUT2D eigenvalue weighted by Crippen LogP contribution is 2.35. The first kappa shape index (κ1) is 25.4. The van der Waals surface area contributed by atoms with Crippen molar-refractivity contribution in [2.24, 2.45) is 5.73 Å². The number of amides is 1. The molecule has 0 unspecified atom stereocenters. The Bertz CT molecular complexity index is 1370. The third kappa shape index (κ3) is 5.02. The van der Waals surface area contributed by atoms with E-state index in [0.717, 1.165) is 68.3 Å². The van der Waals surface area contributed by atoms with E-state index in [1.807, 2.05) is 23.4 Å². The molecular weight excluding hydrogens is 508 g/mol. The maximum Gasteiger partial charge on any atom is 0.253 e. The number of carbonyl (C=O) groups excluding carboxylic acids is 1. The molecule has 3 aromatic rings. The number of nitrogens with zero attached hydrogens (tertiary/aromatic N) is 5. The normalized spacial score (nSPS) is 23.6. The summed E-state index contributed by atoms with van der Waals surface area (Å²) < 4.78 is 13.1. The maximum absolute atomic E-state index is 13.2. The van der Waals surface area contributed by atoms with E-state index in [0.29, 0.717) is 54.2 Å². The molecule has 4 heterocycles. The SMILES string of the molecule is NC1CCC(Nc2nc(NC3CCN(C(=O)c4ccc5c(c4)OCO5)CC3)c3ncn(C4CCCC4)c3n2)CC1. The third-order valence-electron chi connectivity index (χ3n) is 8.99. The zero-order chi connectivity index (χ0) is 27.1. The van der Waals surface area contributed by atoms with Crippen molar-refractivity contribution in [1.82, 2.24) is 24.4 Å². The number of ether oxygens (including phenoxy) is 2. The Hall–Kier alpha value is -3.60. The summed E-state index contributed by atoms with van der Waals surface area (Å²) in [7, 11) is 0. The monoisotopic (exact) mass is 546 g/mol. The van der Waals surface area contributed by atoms with Crippen molar-refractivity contribution in [3.8, 4) is 11.5 Å². The Morgan fingerprint density at radius 1 is 0.900 bits per heavy atom. The summed E-state index contributed by atoms with van der Waals surface area (Å²) in [4.78, 5) is 29.8. The van der Waals surface area contributed by atoms with Crippen molar-refractivity contribution in [2.45, 2.75) is 88.4 Å². The lowest BCUT2D eigenvalue weighted by atomic mass is 9.92. The number of aromatic nitrogens is 4. The fraction of sp³-hybridized carbons (Fsp3) is 0.586. The minimum absolute atomic E-state index is 0.0233. The predicted molar refractivity (Wildman–Crippen MR) is 152 cm³/mol. The summed E-state index contributed by atoms with van der Waals surface area (Å²) in [6.07, 6.45) is 12.5. The highest BCUT2D eigenvalue weighted by molar-refractivity contribution is 5.95. The van der Waals surface area contributed by atoms with Crippen LogP contribution >= 0.6 is 0 Å². The molecule has 0 spiro atoms. The third-order valence-corrected chi connectivity index (χ3v) is 8.99. The molecule has 0 radical (unpaired) electrons. The summed E-state index contributed by atoms with van der Waals surface area (Å²) in [6, 6.07) is 6.66. The van der Waals surface area contributed by atoms with Gasteiger partial charge < -0.3 is 35.3 Å². The van der Waals surface area contributed by atoms with Gasteiger partial charge in [0.1, 0.15) is 0 Å². The molecule has 1 amide bonds. The summed E-state index contributed by atoms with van der Waals surface area (Å²) in [5.41, 5.74) is 8.48. The highest BCUT2D eigenvalue weighted by atomic mass is 16.7. The Morgan fingerprint density at radius 3 is 2.45 bits per heavy atom. The van der Waals surface area contributed by atoms with Gasteiger partial charge in [0.2, 0.25) is 12.7 Å². The number of fused-ring (bicyclic) bond motifs is 2. The fourth-order valence-electron chi connectivity index (χ4n) is 6.61. The van der Waals surface area contributed by atoms with E-state index in [1.165, 1.54) is 12.8 Å². The van der Waals surface area contributed by atoms with Gasteiger partial charge in [-0.15, -0.1) is 0 Å². The molecule has 11 heteroatoms. The quantitative estimate of drug-likeness (QED) is 0.418. The molecule has 2 aliphatic carbocycles. The van der Waals surface area contributed by atoms with Crippen molar-refractivity contribution >= 4 is 28.8 Å². The Morgan fingerprint density at radius 2 is 1.65 bits per heavy atom. The lowest BCUT2D eigenvalue weighted by Crippen LogP contribution is -2.42. The van der Waals surface area contributed by atoms with Gasteiger partial charge in [0.25, 0.3) is 5.91 Å². The second-order valence-electron chi connectivity index (χ2n) is 11.7. The van der Waals surface area contributed by atoms with Gasteiger partial charge in [-0.1, -0.05) is 12.8 Å². The van der Waals surface area contributed by atoms with Crippen LogP contribution in [0.4, 0.5) is 11.8 Å². The zero-order valence-corrected chi connectivity index (χ0v) is 22.8. The molecular formula is C29H38N8O3. The molecule has 11 nitrogen and oxygen atoms in total. The van der Waals surface area contributed by atoms with E-state index in [1.54, 1.807) is 6.07 Å². The van der Waals surface area contributed by atoms with Gasteiger partial charge in [0.05, 0.1) is 6.33 Å². The Balaban J connectivity index is 1.07. The first-order valence-electron chi connectivity index (χ1n) is 14.8. The van der Waals surface area contributed by atoms with Crippen molar-refractivity contribution < 1.29 is 14.3 Å². The predicted octanol–water partition coefficient (Wildman–Crippen LogP) is 4.07. The minimum Gasteiger partial charge on any atom is -0.454 e. The summed E-state index contributed by atoms with van der Waals surface area (Å²) in [6.45, 7) is 1.54. The zero-order valence-electron chi connectivity index (χ0n) is 22.8. The number of nitrogens with one attached hydrogen (secondary N) is 2. The number of rotatable bonds is 6. The molecule has 212 valence electrons. The topological polar surface area (TPSA) is 132 Å². The molecule has 2 saturated carbocycles. The van der Waals surface area contributed by atoms with Crippen molar-refractivity contribution in [2.75, 3.05) is 30.5 Å². The number of likely N-dealkylation sites (tertiary alicyclic amines) is 1. The number of anilines is 2. The second-order valence-corrected chi connectivity index (χ2v) is 11.7. The number of nitrogens with two attached hydrogens (primary N) is 1. The fourth-order valence-corrected chi connectivity index (χ4v) is 6.61. The summed E-state index contributed by atoms with van der Waals surface area (Å²) >= 11 is 0. The molecule has 3 fully saturated rings. The molecule has 7 rings (SSSR count). The average Bonchev–Trinajstić information content (AvgIpc) is 3.75. The van der Waals surface area contributed by atoms with Gasteiger partial charge in [0, 0.05) is 42.8 Å². The highest BCUT2D eigenvalue weighted by Gasteiger charge is 2.28. The van der Waals surface area contributed by atoms with E-state index in [2.05, 4.69) is 15.2 Å². The number of imidazole rings is 1. The molecule has 2 aliphatic heterocycles. The number of piperidine rings is 1. The van der Waals surface area contributed by atoms with Gasteiger partial charge in [-0.3, -0.25) is 4.79 Å². The molecule has 2 aromatic heterocycles. The molecule has 1 aromatic carbocycles. The molecule has 4 aliphatic rings. The van der Waals surface area contributed by atoms with Crippen LogP contribution in [0.3, 0.4) is 0 Å². The van der Waals surface area contributed by atoms with Crippen LogP contribution in [0.5, 0.6) is 11.5 Å². The number of hydrogen-bond donors (Lipinski definition) is 3. The van der Waals surface area contributed by atoms with E-state index >= 15 is 0 Å². The molecule has 40 heavy (non-hydrogen) atoms. The van der Waals surface area contributed by atoms with Crippen LogP contribution in [0.15, 0.2) is 24.5 Å². The van der Waals surface area contributed by atoms with Gasteiger partial charge in [-0.05, 0) is 69.6 Å². The van der Waals surface area contributed by atoms with Crippen LogP contribution in [-0.4, -0.2) is 68.3 Å². The lowest BCUT2D eigenvalue weighted by molar-refractivity contribution is 0.0718. The molecule has 4 N–H and O–H groups in total. The van der Waals surface area contributed by atoms with Crippen LogP contribution in [0, 0.1) is 0 Å². The average molecular weight is 547 g/mol. The van der Waals surface area contributed by atoms with Crippen LogP contribution < -0.4 is 25.8 Å². The van der Waals surface area contributed by atoms with Crippen LogP contribution in [0.25, 0.3) is 11.2 Å². The lowest BCUT2D eigenvalue weighted by Gasteiger charge is -2.33. The molecule has 0 atom stereocenters. The Labute approximate surface area is 233 Å². The van der Waals surface area contributed by atoms with E-state index in [4.69, 9.17) is 30.2 Å². The summed E-state index contributed by atoms with van der Waals surface area (Å²) in [5.74, 6) is 2.78. The molecule has 1 saturated heterocycles. The minimum atomic E-state index is 0.0233. The smallest absolute Gasteiger partial charge is 0.253 e. The number of benzene rings is 1. The first-order chi connectivity index (χ1) is 19.6. The van der Waals surface area contributed by atoms with Gasteiger partial charge in [-0.2, -0.15) is 9.97 Å². The number of hydrogen-bond acceptors (Lipinski definition) is 9. The standard InChI is InChI=1S/C29H38N8O3/c30-19-6-8-20(9-7-19)33-29-34-26(25-27(35-29)37(16-31-25)22-3-1-2-4-22)32-21-11-13-36(14-12-21)28(38)18-5-10-23-24(15-18)40-17-39-23/h5,10,15-16,19-22H,1-4,6-9,11-14,17,30H2,(H2,32,33,34,35). The summed E-state index contributed by atoms with van der Waals surface area (Å²) in [5, 5.41) is 7.29. The molecule has 0 bridgehead atoms. The van der Waals surface area contributed by atoms with E-state index in [-0.39, 0.29) is 18.7 Å². The maximum atomic E-state index is 13.2. The van der Waals surface area contributed by atoms with Crippen molar-refractivity contribution in [3.63, 3.8) is 0 Å². The van der Waals surface area contributed by atoms with Gasteiger partial charge >= 0.3 is 0 Å². The second kappa shape index (κ2) is 10.8. The van der Waals surface area contributed by atoms with Crippen LogP contribution in [0.1, 0.15) is 80.6 Å².